The van der Waals surface area contributed by atoms with Gasteiger partial charge in [-0.1, -0.05) is 90.1 Å². The Morgan fingerprint density at radius 2 is 0.933 bits per heavy atom. The summed E-state index contributed by atoms with van der Waals surface area (Å²) in [5.74, 6) is 0.640. The summed E-state index contributed by atoms with van der Waals surface area (Å²) in [7, 11) is 0. The number of halogens is 6. The molecule has 2 aliphatic rings. The van der Waals surface area contributed by atoms with Gasteiger partial charge in [-0.05, 0) is 139 Å². The van der Waals surface area contributed by atoms with Crippen LogP contribution in [0.1, 0.15) is 105 Å². The average Bonchev–Trinajstić information content (AvgIpc) is 1.81. The second kappa shape index (κ2) is 27.5. The standard InChI is InChI=1S/C35H39F3N4O4.C33H35F3N4O4/c1-6-44-32(43)28-21-42(33-39-17-15-30(41-33)35(36,37)38)20-25(28)19-23-7-13-27(14-8-23)45-18-16-29-22(2)46-31(40-29)24-9-11-26(12-10-24)34(3,4)5;1-20-27(38-29(44-20)22-7-9-24(10-8-22)32(2,3)4)14-16-43-25-11-5-21(6-12-25)17-23-18-40(19-26(23)30(41)42)31-37-15-13-28(39-31)33(34,35)36/h7-15,17,25,28H,6,16,18-21H2,1-5H3;5-13,15,23,26H,14,16-19H2,1-4H3,(H,41,42)/t25-,28+;23-,26+/m11/s1. The lowest BCUT2D eigenvalue weighted by Crippen LogP contribution is -2.27. The minimum absolute atomic E-state index is 0.0356. The molecule has 6 heterocycles. The summed E-state index contributed by atoms with van der Waals surface area (Å²) in [4.78, 5) is 52.6. The van der Waals surface area contributed by atoms with Crippen molar-refractivity contribution in [1.29, 1.82) is 0 Å². The molecule has 0 aliphatic carbocycles. The number of carbonyl (C=O) groups is 2. The fraction of sp³-hybridized carbons (Fsp3) is 0.412. The van der Waals surface area contributed by atoms with Crippen molar-refractivity contribution in [2.45, 2.75) is 111 Å². The van der Waals surface area contributed by atoms with E-state index >= 15 is 0 Å². The first-order valence-electron chi connectivity index (χ1n) is 29.9. The van der Waals surface area contributed by atoms with E-state index in [1.165, 1.54) is 16.0 Å². The lowest BCUT2D eigenvalue weighted by molar-refractivity contribution is -0.148. The summed E-state index contributed by atoms with van der Waals surface area (Å²) < 4.78 is 108. The van der Waals surface area contributed by atoms with Gasteiger partial charge in [-0.15, -0.1) is 0 Å². The fourth-order valence-corrected chi connectivity index (χ4v) is 11.0. The minimum Gasteiger partial charge on any atom is -0.493 e. The first-order chi connectivity index (χ1) is 42.6. The van der Waals surface area contributed by atoms with E-state index in [9.17, 15) is 41.0 Å². The number of carboxylic acid groups (broad SMARTS) is 1. The van der Waals surface area contributed by atoms with Crippen LogP contribution < -0.4 is 19.3 Å². The summed E-state index contributed by atoms with van der Waals surface area (Å²) in [6.45, 7) is 20.3. The number of hydrogen-bond acceptors (Lipinski definition) is 15. The molecule has 16 nitrogen and oxygen atoms in total. The number of anilines is 2. The zero-order valence-corrected chi connectivity index (χ0v) is 51.8. The van der Waals surface area contributed by atoms with Gasteiger partial charge >= 0.3 is 24.3 Å². The van der Waals surface area contributed by atoms with Crippen LogP contribution in [0.25, 0.3) is 22.9 Å². The fourth-order valence-electron chi connectivity index (χ4n) is 11.0. The van der Waals surface area contributed by atoms with Crippen molar-refractivity contribution in [2.24, 2.45) is 23.7 Å². The number of alkyl halides is 6. The summed E-state index contributed by atoms with van der Waals surface area (Å²) in [6.07, 6.45) is -4.96. The van der Waals surface area contributed by atoms with Gasteiger partial charge in [-0.3, -0.25) is 9.59 Å². The van der Waals surface area contributed by atoms with Crippen molar-refractivity contribution >= 4 is 23.8 Å². The minimum atomic E-state index is -4.61. The Labute approximate surface area is 519 Å². The van der Waals surface area contributed by atoms with Gasteiger partial charge in [-0.25, -0.2) is 29.9 Å². The van der Waals surface area contributed by atoms with Crippen molar-refractivity contribution in [3.8, 4) is 34.4 Å². The maximum absolute atomic E-state index is 13.2. The first kappa shape index (κ1) is 65.6. The molecule has 90 heavy (non-hydrogen) atoms. The van der Waals surface area contributed by atoms with Crippen LogP contribution in [0, 0.1) is 37.5 Å². The Balaban J connectivity index is 0.000000214. The number of benzene rings is 4. The van der Waals surface area contributed by atoms with Crippen LogP contribution in [-0.4, -0.2) is 92.9 Å². The summed E-state index contributed by atoms with van der Waals surface area (Å²) in [5, 5.41) is 9.79. The maximum Gasteiger partial charge on any atom is 0.433 e. The molecule has 2 saturated heterocycles. The molecule has 0 saturated carbocycles. The number of carboxylic acids is 1. The number of carbonyl (C=O) groups excluding carboxylic acids is 1. The number of aryl methyl sites for hydroxylation is 2. The number of esters is 1. The molecule has 4 atom stereocenters. The molecule has 0 bridgehead atoms. The molecule has 0 spiro atoms. The zero-order valence-electron chi connectivity index (χ0n) is 51.8. The Kier molecular flexibility index (Phi) is 20.1. The third-order valence-corrected chi connectivity index (χ3v) is 16.1. The largest absolute Gasteiger partial charge is 0.493 e. The molecule has 4 aromatic carbocycles. The van der Waals surface area contributed by atoms with Gasteiger partial charge in [-0.2, -0.15) is 26.3 Å². The van der Waals surface area contributed by atoms with Gasteiger partial charge in [0, 0.05) is 62.5 Å². The van der Waals surface area contributed by atoms with Crippen molar-refractivity contribution in [2.75, 3.05) is 55.8 Å². The number of rotatable bonds is 19. The van der Waals surface area contributed by atoms with E-state index in [1.54, 1.807) is 11.8 Å². The van der Waals surface area contributed by atoms with Crippen molar-refractivity contribution in [1.82, 2.24) is 29.9 Å². The first-order valence-corrected chi connectivity index (χ1v) is 29.9. The van der Waals surface area contributed by atoms with Crippen LogP contribution in [-0.2, 0) is 63.2 Å². The quantitative estimate of drug-likeness (QED) is 0.0593. The lowest BCUT2D eigenvalue weighted by Gasteiger charge is -2.18. The van der Waals surface area contributed by atoms with E-state index in [1.807, 2.05) is 86.6 Å². The van der Waals surface area contributed by atoms with Gasteiger partial charge in [0.25, 0.3) is 0 Å². The molecule has 10 rings (SSSR count). The molecule has 0 radical (unpaired) electrons. The van der Waals surface area contributed by atoms with E-state index in [2.05, 4.69) is 90.7 Å². The van der Waals surface area contributed by atoms with E-state index in [4.69, 9.17) is 28.0 Å². The molecule has 476 valence electrons. The van der Waals surface area contributed by atoms with Crippen LogP contribution in [0.2, 0.25) is 0 Å². The molecule has 0 amide bonds. The van der Waals surface area contributed by atoms with Crippen LogP contribution >= 0.6 is 0 Å². The van der Waals surface area contributed by atoms with Crippen LogP contribution in [0.4, 0.5) is 38.2 Å². The van der Waals surface area contributed by atoms with Crippen LogP contribution in [0.15, 0.2) is 130 Å². The third-order valence-electron chi connectivity index (χ3n) is 16.1. The summed E-state index contributed by atoms with van der Waals surface area (Å²) in [5.41, 5.74) is 5.91. The van der Waals surface area contributed by atoms with Crippen LogP contribution in [0.3, 0.4) is 0 Å². The number of oxazole rings is 2. The predicted molar refractivity (Wildman–Crippen MR) is 326 cm³/mol. The molecule has 4 aromatic heterocycles. The number of nitrogens with zero attached hydrogens (tertiary/aromatic N) is 8. The smallest absolute Gasteiger partial charge is 0.433 e. The van der Waals surface area contributed by atoms with Crippen molar-refractivity contribution in [3.05, 3.63) is 178 Å². The topological polar surface area (TPSA) is 192 Å². The highest BCUT2D eigenvalue weighted by molar-refractivity contribution is 5.75. The second-order valence-corrected chi connectivity index (χ2v) is 24.7. The van der Waals surface area contributed by atoms with Gasteiger partial charge in [0.15, 0.2) is 0 Å². The zero-order chi connectivity index (χ0) is 64.7. The van der Waals surface area contributed by atoms with Crippen molar-refractivity contribution < 1.29 is 64.1 Å². The highest BCUT2D eigenvalue weighted by atomic mass is 19.4. The average molecular weight is 1250 g/mol. The molecule has 2 aliphatic heterocycles. The molecule has 0 unspecified atom stereocenters. The molecule has 22 heteroatoms. The Hall–Kier alpha value is -8.82. The van der Waals surface area contributed by atoms with Crippen molar-refractivity contribution in [3.63, 3.8) is 0 Å². The Morgan fingerprint density at radius 1 is 0.544 bits per heavy atom. The molecule has 2 fully saturated rings. The molecular weight excluding hydrogens is 1170 g/mol. The molecule has 1 N–H and O–H groups in total. The van der Waals surface area contributed by atoms with Gasteiger partial charge in [0.1, 0.15) is 34.4 Å². The number of aliphatic carboxylic acids is 1. The number of aromatic nitrogens is 6. The van der Waals surface area contributed by atoms with Gasteiger partial charge in [0.05, 0.1) is 43.0 Å². The van der Waals surface area contributed by atoms with E-state index in [0.717, 1.165) is 69.7 Å². The van der Waals surface area contributed by atoms with E-state index in [-0.39, 0.29) is 66.8 Å². The Morgan fingerprint density at radius 3 is 1.30 bits per heavy atom. The van der Waals surface area contributed by atoms with Crippen LogP contribution in [0.5, 0.6) is 11.5 Å². The number of hydrogen-bond donors (Lipinski definition) is 1. The SMILES string of the molecule is CCOC(=O)[C@H]1CN(c2nccc(C(F)(F)F)n2)C[C@H]1Cc1ccc(OCCc2nc(-c3ccc(C(C)(C)C)cc3)oc2C)cc1.Cc1oc(-c2ccc(C(C)(C)C)cc2)nc1CCOc1ccc(C[C@@H]2CN(c3nccc(C(F)(F)F)n3)C[C@@H]2C(=O)O)cc1. The summed E-state index contributed by atoms with van der Waals surface area (Å²) >= 11 is 0. The van der Waals surface area contributed by atoms with Gasteiger partial charge in [0.2, 0.25) is 23.7 Å². The normalized spacial score (nSPS) is 17.1. The summed E-state index contributed by atoms with van der Waals surface area (Å²) in [6, 6.07) is 33.1. The lowest BCUT2D eigenvalue weighted by atomic mass is 9.87. The van der Waals surface area contributed by atoms with E-state index < -0.39 is 41.5 Å². The predicted octanol–water partition coefficient (Wildman–Crippen LogP) is 14.0. The monoisotopic (exact) mass is 1240 g/mol. The van der Waals surface area contributed by atoms with E-state index in [0.29, 0.717) is 68.7 Å². The highest BCUT2D eigenvalue weighted by Gasteiger charge is 2.42. The number of ether oxygens (including phenoxy) is 3. The second-order valence-electron chi connectivity index (χ2n) is 24.7. The van der Waals surface area contributed by atoms with Gasteiger partial charge < -0.3 is 38.0 Å². The third kappa shape index (κ3) is 16.7. The maximum atomic E-state index is 13.2. The molecule has 8 aromatic rings. The Bertz CT molecular complexity index is 3710. The molecular formula is C68H74F6N8O8. The highest BCUT2D eigenvalue weighted by Crippen LogP contribution is 2.36.